The van der Waals surface area contributed by atoms with Gasteiger partial charge in [0.15, 0.2) is 0 Å². The van der Waals surface area contributed by atoms with Gasteiger partial charge >= 0.3 is 5.97 Å². The maximum atomic E-state index is 11.6. The standard InChI is InChI=1S/C26H31NO2/c28-26(29)24-9-4-2-7-22(24)19-13-15-20(16-14-19)27-17-5-10-25(27)23-8-3-1-6-21(23)18-11-12-18/h1-4,6-9,18-20,25H,5,10-17H2,(H,28,29). The number of carboxylic acid groups (broad SMARTS) is 1. The molecule has 2 aromatic rings. The van der Waals surface area contributed by atoms with E-state index in [1.807, 2.05) is 18.2 Å². The molecule has 2 aliphatic carbocycles. The lowest BCUT2D eigenvalue weighted by Gasteiger charge is -2.39. The monoisotopic (exact) mass is 389 g/mol. The molecule has 0 aromatic heterocycles. The highest BCUT2D eigenvalue weighted by Crippen LogP contribution is 2.47. The zero-order chi connectivity index (χ0) is 19.8. The third-order valence-electron chi connectivity index (χ3n) is 7.46. The zero-order valence-corrected chi connectivity index (χ0v) is 17.1. The minimum absolute atomic E-state index is 0.387. The van der Waals surface area contributed by atoms with Crippen LogP contribution in [0, 0.1) is 0 Å². The van der Waals surface area contributed by atoms with Gasteiger partial charge in [0.1, 0.15) is 0 Å². The van der Waals surface area contributed by atoms with E-state index >= 15 is 0 Å². The summed E-state index contributed by atoms with van der Waals surface area (Å²) in [5, 5.41) is 9.55. The second-order valence-electron chi connectivity index (χ2n) is 9.20. The Morgan fingerprint density at radius 2 is 1.34 bits per heavy atom. The van der Waals surface area contributed by atoms with Gasteiger partial charge in [-0.3, -0.25) is 4.90 Å². The van der Waals surface area contributed by atoms with Crippen molar-refractivity contribution in [2.75, 3.05) is 6.54 Å². The first-order valence-corrected chi connectivity index (χ1v) is 11.4. The minimum Gasteiger partial charge on any atom is -0.478 e. The summed E-state index contributed by atoms with van der Waals surface area (Å²) in [6.45, 7) is 1.21. The van der Waals surface area contributed by atoms with Gasteiger partial charge in [-0.05, 0) is 92.5 Å². The molecule has 3 nitrogen and oxygen atoms in total. The molecule has 0 bridgehead atoms. The van der Waals surface area contributed by atoms with Crippen molar-refractivity contribution in [3.63, 3.8) is 0 Å². The smallest absolute Gasteiger partial charge is 0.335 e. The number of hydrogen-bond donors (Lipinski definition) is 1. The van der Waals surface area contributed by atoms with Crippen LogP contribution in [0.3, 0.4) is 0 Å². The van der Waals surface area contributed by atoms with Crippen LogP contribution in [0.2, 0.25) is 0 Å². The molecule has 1 N–H and O–H groups in total. The van der Waals surface area contributed by atoms with Crippen molar-refractivity contribution in [1.29, 1.82) is 0 Å². The Bertz CT molecular complexity index is 880. The van der Waals surface area contributed by atoms with E-state index in [1.165, 1.54) is 45.1 Å². The van der Waals surface area contributed by atoms with E-state index in [0.717, 1.165) is 24.3 Å². The predicted octanol–water partition coefficient (Wildman–Crippen LogP) is 6.13. The van der Waals surface area contributed by atoms with Crippen molar-refractivity contribution in [3.05, 3.63) is 70.8 Å². The molecule has 2 aromatic carbocycles. The fraction of sp³-hybridized carbons (Fsp3) is 0.500. The Labute approximate surface area is 173 Å². The highest BCUT2D eigenvalue weighted by atomic mass is 16.4. The lowest BCUT2D eigenvalue weighted by molar-refractivity contribution is 0.0694. The molecule has 152 valence electrons. The van der Waals surface area contributed by atoms with Gasteiger partial charge in [-0.25, -0.2) is 4.79 Å². The van der Waals surface area contributed by atoms with E-state index < -0.39 is 5.97 Å². The molecule has 3 fully saturated rings. The third-order valence-corrected chi connectivity index (χ3v) is 7.46. The fourth-order valence-corrected chi connectivity index (χ4v) is 5.91. The molecule has 29 heavy (non-hydrogen) atoms. The number of carbonyl (C=O) groups is 1. The summed E-state index contributed by atoms with van der Waals surface area (Å²) in [6, 6.07) is 18.0. The summed E-state index contributed by atoms with van der Waals surface area (Å²) in [7, 11) is 0. The average Bonchev–Trinajstić information content (AvgIpc) is 3.50. The molecule has 1 heterocycles. The van der Waals surface area contributed by atoms with Crippen LogP contribution in [-0.2, 0) is 0 Å². The highest BCUT2D eigenvalue weighted by Gasteiger charge is 2.37. The SMILES string of the molecule is O=C(O)c1ccccc1C1CCC(N2CCCC2c2ccccc2C2CC2)CC1. The molecule has 1 saturated heterocycles. The number of likely N-dealkylation sites (tertiary alicyclic amines) is 1. The van der Waals surface area contributed by atoms with Gasteiger partial charge in [0.05, 0.1) is 5.56 Å². The Morgan fingerprint density at radius 3 is 2.03 bits per heavy atom. The molecular formula is C26H31NO2. The van der Waals surface area contributed by atoms with Crippen molar-refractivity contribution in [2.45, 2.75) is 75.3 Å². The van der Waals surface area contributed by atoms with Gasteiger partial charge in [0.25, 0.3) is 0 Å². The van der Waals surface area contributed by atoms with E-state index in [-0.39, 0.29) is 0 Å². The Balaban J connectivity index is 1.30. The van der Waals surface area contributed by atoms with Gasteiger partial charge in [0, 0.05) is 12.1 Å². The topological polar surface area (TPSA) is 40.5 Å². The Kier molecular flexibility index (Phi) is 5.17. The van der Waals surface area contributed by atoms with Crippen molar-refractivity contribution in [3.8, 4) is 0 Å². The number of nitrogens with zero attached hydrogens (tertiary/aromatic N) is 1. The van der Waals surface area contributed by atoms with Crippen LogP contribution >= 0.6 is 0 Å². The van der Waals surface area contributed by atoms with E-state index in [4.69, 9.17) is 0 Å². The van der Waals surface area contributed by atoms with Crippen LogP contribution in [0.15, 0.2) is 48.5 Å². The van der Waals surface area contributed by atoms with Crippen molar-refractivity contribution < 1.29 is 9.90 Å². The predicted molar refractivity (Wildman–Crippen MR) is 115 cm³/mol. The molecular weight excluding hydrogens is 358 g/mol. The van der Waals surface area contributed by atoms with Crippen LogP contribution in [0.1, 0.15) is 96.3 Å². The first-order chi connectivity index (χ1) is 14.2. The van der Waals surface area contributed by atoms with Crippen LogP contribution in [0.4, 0.5) is 0 Å². The van der Waals surface area contributed by atoms with Gasteiger partial charge in [-0.1, -0.05) is 42.5 Å². The molecule has 3 heteroatoms. The summed E-state index contributed by atoms with van der Waals surface area (Å²) in [4.78, 5) is 14.4. The molecule has 0 amide bonds. The Morgan fingerprint density at radius 1 is 0.759 bits per heavy atom. The molecule has 2 saturated carbocycles. The van der Waals surface area contributed by atoms with Gasteiger partial charge in [-0.2, -0.15) is 0 Å². The number of aromatic carboxylic acids is 1. The zero-order valence-electron chi connectivity index (χ0n) is 17.1. The lowest BCUT2D eigenvalue weighted by Crippen LogP contribution is -2.37. The summed E-state index contributed by atoms with van der Waals surface area (Å²) in [5.41, 5.74) is 4.73. The molecule has 0 spiro atoms. The molecule has 5 rings (SSSR count). The van der Waals surface area contributed by atoms with Crippen molar-refractivity contribution in [1.82, 2.24) is 4.90 Å². The van der Waals surface area contributed by atoms with Gasteiger partial charge < -0.3 is 5.11 Å². The normalized spacial score (nSPS) is 27.8. The third kappa shape index (κ3) is 3.73. The Hall–Kier alpha value is -2.13. The summed E-state index contributed by atoms with van der Waals surface area (Å²) in [6.07, 6.45) is 9.86. The van der Waals surface area contributed by atoms with Gasteiger partial charge in [-0.15, -0.1) is 0 Å². The van der Waals surface area contributed by atoms with E-state index in [0.29, 0.717) is 23.6 Å². The number of hydrogen-bond acceptors (Lipinski definition) is 2. The van der Waals surface area contributed by atoms with E-state index in [9.17, 15) is 9.90 Å². The first-order valence-electron chi connectivity index (χ1n) is 11.4. The van der Waals surface area contributed by atoms with Crippen molar-refractivity contribution >= 4 is 5.97 Å². The summed E-state index contributed by atoms with van der Waals surface area (Å²) >= 11 is 0. The molecule has 0 radical (unpaired) electrons. The van der Waals surface area contributed by atoms with Crippen LogP contribution in [-0.4, -0.2) is 28.6 Å². The number of rotatable bonds is 5. The summed E-state index contributed by atoms with van der Waals surface area (Å²) < 4.78 is 0. The number of carboxylic acids is 1. The summed E-state index contributed by atoms with van der Waals surface area (Å²) in [5.74, 6) is 0.397. The second kappa shape index (κ2) is 7.95. The lowest BCUT2D eigenvalue weighted by atomic mass is 9.79. The minimum atomic E-state index is -0.793. The molecule has 1 unspecified atom stereocenters. The van der Waals surface area contributed by atoms with Crippen LogP contribution in [0.5, 0.6) is 0 Å². The van der Waals surface area contributed by atoms with Crippen molar-refractivity contribution in [2.24, 2.45) is 0 Å². The molecule has 1 atom stereocenters. The van der Waals surface area contributed by atoms with Crippen LogP contribution < -0.4 is 0 Å². The number of benzene rings is 2. The fourth-order valence-electron chi connectivity index (χ4n) is 5.91. The quantitative estimate of drug-likeness (QED) is 0.669. The average molecular weight is 390 g/mol. The van der Waals surface area contributed by atoms with Gasteiger partial charge in [0.2, 0.25) is 0 Å². The van der Waals surface area contributed by atoms with E-state index in [2.05, 4.69) is 29.2 Å². The second-order valence-corrected chi connectivity index (χ2v) is 9.20. The maximum Gasteiger partial charge on any atom is 0.335 e. The first kappa shape index (κ1) is 18.9. The largest absolute Gasteiger partial charge is 0.478 e. The molecule has 1 aliphatic heterocycles. The maximum absolute atomic E-state index is 11.6. The van der Waals surface area contributed by atoms with E-state index in [1.54, 1.807) is 17.2 Å². The highest BCUT2D eigenvalue weighted by molar-refractivity contribution is 5.89. The van der Waals surface area contributed by atoms with Crippen LogP contribution in [0.25, 0.3) is 0 Å². The molecule has 3 aliphatic rings.